The van der Waals surface area contributed by atoms with Gasteiger partial charge in [0.05, 0.1) is 18.1 Å². The van der Waals surface area contributed by atoms with Crippen LogP contribution >= 0.6 is 0 Å². The molecule has 6 heteroatoms. The summed E-state index contributed by atoms with van der Waals surface area (Å²) in [6.45, 7) is 7.88. The van der Waals surface area contributed by atoms with Crippen LogP contribution in [0.25, 0.3) is 11.0 Å². The molecular weight excluding hydrogens is 382 g/mol. The minimum absolute atomic E-state index is 0.0597. The zero-order chi connectivity index (χ0) is 21.7. The highest BCUT2D eigenvalue weighted by atomic mass is 16.5. The lowest BCUT2D eigenvalue weighted by Gasteiger charge is -2.13. The van der Waals surface area contributed by atoms with Gasteiger partial charge in [0.1, 0.15) is 17.9 Å². The molecule has 0 saturated heterocycles. The summed E-state index contributed by atoms with van der Waals surface area (Å²) in [5, 5.41) is 13.6. The van der Waals surface area contributed by atoms with Gasteiger partial charge in [0.2, 0.25) is 5.91 Å². The molecule has 0 aliphatic rings. The molecule has 0 radical (unpaired) electrons. The molecule has 0 fully saturated rings. The Bertz CT molecular complexity index is 1120. The summed E-state index contributed by atoms with van der Waals surface area (Å²) < 4.78 is 11.0. The molecule has 3 aromatic rings. The molecule has 0 aliphatic heterocycles. The molecule has 3 rings (SSSR count). The number of nitrogens with one attached hydrogen (secondary N) is 1. The minimum atomic E-state index is -0.818. The lowest BCUT2D eigenvalue weighted by Crippen LogP contribution is -2.31. The van der Waals surface area contributed by atoms with E-state index in [0.29, 0.717) is 34.6 Å². The lowest BCUT2D eigenvalue weighted by molar-refractivity contribution is -0.120. The first-order chi connectivity index (χ1) is 14.3. The number of benzene rings is 2. The van der Waals surface area contributed by atoms with Crippen molar-refractivity contribution in [1.82, 2.24) is 5.32 Å². The third kappa shape index (κ3) is 5.15. The van der Waals surface area contributed by atoms with Gasteiger partial charge in [0.25, 0.3) is 0 Å². The predicted octanol–water partition coefficient (Wildman–Crippen LogP) is 3.45. The van der Waals surface area contributed by atoms with Gasteiger partial charge in [-0.2, -0.15) is 0 Å². The highest BCUT2D eigenvalue weighted by Gasteiger charge is 2.16. The van der Waals surface area contributed by atoms with Gasteiger partial charge in [-0.15, -0.1) is 0 Å². The summed E-state index contributed by atoms with van der Waals surface area (Å²) in [6, 6.07) is 14.3. The van der Waals surface area contributed by atoms with Crippen LogP contribution in [-0.2, 0) is 11.2 Å². The summed E-state index contributed by atoms with van der Waals surface area (Å²) in [6.07, 6.45) is -0.943. The van der Waals surface area contributed by atoms with E-state index >= 15 is 0 Å². The highest BCUT2D eigenvalue weighted by molar-refractivity contribution is 5.85. The number of aliphatic hydroxyl groups excluding tert-OH is 1. The van der Waals surface area contributed by atoms with Crippen LogP contribution in [0.4, 0.5) is 0 Å². The number of carbonyl (C=O) groups is 1. The van der Waals surface area contributed by atoms with Crippen molar-refractivity contribution in [1.29, 1.82) is 0 Å². The fourth-order valence-corrected chi connectivity index (χ4v) is 3.10. The van der Waals surface area contributed by atoms with Crippen molar-refractivity contribution in [3.8, 4) is 5.75 Å². The number of aliphatic hydroxyl groups is 1. The largest absolute Gasteiger partial charge is 0.489 e. The SMILES string of the molecule is C=C(C)COc1ccc2c(C)c(CC(=O)NC[C@H](O)c3ccccc3)c(=O)oc2c1. The third-order valence-electron chi connectivity index (χ3n) is 4.76. The third-order valence-corrected chi connectivity index (χ3v) is 4.76. The molecule has 0 spiro atoms. The first kappa shape index (κ1) is 21.3. The maximum absolute atomic E-state index is 12.5. The summed E-state index contributed by atoms with van der Waals surface area (Å²) >= 11 is 0. The Labute approximate surface area is 174 Å². The van der Waals surface area contributed by atoms with Crippen LogP contribution in [0, 0.1) is 6.92 Å². The number of hydrogen-bond donors (Lipinski definition) is 2. The van der Waals surface area contributed by atoms with Crippen molar-refractivity contribution in [2.24, 2.45) is 0 Å². The van der Waals surface area contributed by atoms with Gasteiger partial charge in [0, 0.05) is 18.0 Å². The Balaban J connectivity index is 1.72. The van der Waals surface area contributed by atoms with E-state index in [1.54, 1.807) is 31.2 Å². The van der Waals surface area contributed by atoms with Crippen LogP contribution < -0.4 is 15.7 Å². The molecular formula is C24H25NO5. The van der Waals surface area contributed by atoms with Crippen LogP contribution in [0.2, 0.25) is 0 Å². The van der Waals surface area contributed by atoms with Crippen LogP contribution in [0.1, 0.15) is 29.7 Å². The van der Waals surface area contributed by atoms with Crippen LogP contribution in [0.3, 0.4) is 0 Å². The second-order valence-corrected chi connectivity index (χ2v) is 7.30. The molecule has 1 amide bonds. The summed E-state index contributed by atoms with van der Waals surface area (Å²) in [7, 11) is 0. The number of ether oxygens (including phenoxy) is 1. The van der Waals surface area contributed by atoms with Gasteiger partial charge in [-0.3, -0.25) is 4.79 Å². The van der Waals surface area contributed by atoms with Crippen molar-refractivity contribution in [3.05, 3.63) is 87.8 Å². The molecule has 1 aromatic heterocycles. The molecule has 6 nitrogen and oxygen atoms in total. The lowest BCUT2D eigenvalue weighted by atomic mass is 10.0. The van der Waals surface area contributed by atoms with E-state index in [1.807, 2.05) is 31.2 Å². The van der Waals surface area contributed by atoms with E-state index in [0.717, 1.165) is 11.0 Å². The summed E-state index contributed by atoms with van der Waals surface area (Å²) in [5.74, 6) is 0.217. The first-order valence-electron chi connectivity index (χ1n) is 9.68. The maximum atomic E-state index is 12.5. The van der Waals surface area contributed by atoms with Gasteiger partial charge in [-0.05, 0) is 42.7 Å². The molecule has 0 saturated carbocycles. The van der Waals surface area contributed by atoms with Gasteiger partial charge < -0.3 is 19.6 Å². The average molecular weight is 407 g/mol. The Kier molecular flexibility index (Phi) is 6.69. The maximum Gasteiger partial charge on any atom is 0.340 e. The molecule has 30 heavy (non-hydrogen) atoms. The van der Waals surface area contributed by atoms with Crippen LogP contribution in [0.5, 0.6) is 5.75 Å². The van der Waals surface area contributed by atoms with Gasteiger partial charge in [0.15, 0.2) is 0 Å². The Morgan fingerprint density at radius 3 is 2.67 bits per heavy atom. The Morgan fingerprint density at radius 1 is 1.23 bits per heavy atom. The van der Waals surface area contributed by atoms with E-state index in [2.05, 4.69) is 11.9 Å². The molecule has 156 valence electrons. The smallest absolute Gasteiger partial charge is 0.340 e. The molecule has 1 heterocycles. The van der Waals surface area contributed by atoms with Crippen molar-refractivity contribution in [2.45, 2.75) is 26.4 Å². The van der Waals surface area contributed by atoms with E-state index in [1.165, 1.54) is 0 Å². The number of rotatable bonds is 8. The Morgan fingerprint density at radius 2 is 1.97 bits per heavy atom. The predicted molar refractivity (Wildman–Crippen MR) is 116 cm³/mol. The molecule has 2 N–H and O–H groups in total. The van der Waals surface area contributed by atoms with Crippen molar-refractivity contribution in [3.63, 3.8) is 0 Å². The molecule has 0 unspecified atom stereocenters. The zero-order valence-corrected chi connectivity index (χ0v) is 17.1. The number of hydrogen-bond acceptors (Lipinski definition) is 5. The van der Waals surface area contributed by atoms with E-state index in [-0.39, 0.29) is 18.9 Å². The zero-order valence-electron chi connectivity index (χ0n) is 17.1. The van der Waals surface area contributed by atoms with Gasteiger partial charge >= 0.3 is 5.63 Å². The number of fused-ring (bicyclic) bond motifs is 1. The van der Waals surface area contributed by atoms with E-state index in [4.69, 9.17) is 9.15 Å². The highest BCUT2D eigenvalue weighted by Crippen LogP contribution is 2.24. The molecule has 1 atom stereocenters. The van der Waals surface area contributed by atoms with Gasteiger partial charge in [-0.1, -0.05) is 36.9 Å². The minimum Gasteiger partial charge on any atom is -0.489 e. The molecule has 2 aromatic carbocycles. The van der Waals surface area contributed by atoms with E-state index in [9.17, 15) is 14.7 Å². The van der Waals surface area contributed by atoms with E-state index < -0.39 is 11.7 Å². The summed E-state index contributed by atoms with van der Waals surface area (Å²) in [5.41, 5.74) is 2.42. The second-order valence-electron chi connectivity index (χ2n) is 7.30. The molecule has 0 bridgehead atoms. The van der Waals surface area contributed by atoms with Crippen LogP contribution in [0.15, 0.2) is 69.9 Å². The Hall–Kier alpha value is -3.38. The monoisotopic (exact) mass is 407 g/mol. The van der Waals surface area contributed by atoms with Crippen LogP contribution in [-0.4, -0.2) is 24.2 Å². The van der Waals surface area contributed by atoms with Crippen molar-refractivity contribution >= 4 is 16.9 Å². The van der Waals surface area contributed by atoms with Gasteiger partial charge in [-0.25, -0.2) is 4.79 Å². The standard InChI is InChI=1S/C24H25NO5/c1-15(2)14-29-18-9-10-19-16(3)20(24(28)30-22(19)11-18)12-23(27)25-13-21(26)17-7-5-4-6-8-17/h4-11,21,26H,1,12-14H2,2-3H3,(H,25,27)/t21-/m0/s1. The normalized spacial score (nSPS) is 11.8. The average Bonchev–Trinajstić information content (AvgIpc) is 2.73. The fourth-order valence-electron chi connectivity index (χ4n) is 3.10. The van der Waals surface area contributed by atoms with Crippen molar-refractivity contribution < 1.29 is 19.1 Å². The first-order valence-corrected chi connectivity index (χ1v) is 9.68. The quantitative estimate of drug-likeness (QED) is 0.441. The second kappa shape index (κ2) is 9.41. The molecule has 0 aliphatic carbocycles. The summed E-state index contributed by atoms with van der Waals surface area (Å²) in [4.78, 5) is 24.8. The number of aryl methyl sites for hydroxylation is 1. The van der Waals surface area contributed by atoms with Crippen molar-refractivity contribution in [2.75, 3.05) is 13.2 Å². The number of carbonyl (C=O) groups excluding carboxylic acids is 1. The fraction of sp³-hybridized carbons (Fsp3) is 0.250. The topological polar surface area (TPSA) is 88.8 Å². The number of amides is 1.